The molecule has 0 aliphatic carbocycles. The van der Waals surface area contributed by atoms with Crippen LogP contribution >= 0.6 is 0 Å². The summed E-state index contributed by atoms with van der Waals surface area (Å²) < 4.78 is 6.32. The summed E-state index contributed by atoms with van der Waals surface area (Å²) in [5.41, 5.74) is 6.62. The number of fused-ring (bicyclic) bond motifs is 3. The fourth-order valence-electron chi connectivity index (χ4n) is 6.75. The van der Waals surface area contributed by atoms with Gasteiger partial charge in [-0.2, -0.15) is 0 Å². The first kappa shape index (κ1) is 36.1. The molecule has 7 rings (SSSR count). The third-order valence-corrected chi connectivity index (χ3v) is 9.50. The minimum atomic E-state index is -0.337. The van der Waals surface area contributed by atoms with Crippen LogP contribution in [0.3, 0.4) is 0 Å². The van der Waals surface area contributed by atoms with E-state index >= 15 is 0 Å². The van der Waals surface area contributed by atoms with Crippen molar-refractivity contribution in [3.8, 4) is 16.9 Å². The number of benzene rings is 2. The number of carbonyl (C=O) groups excluding carboxylic acids is 4. The SMILES string of the molecule is CC1Oc2cc(N3CCCC3=O)ccc2-c2cnc(Nc3cncc(N4CCN(Cc5ccc(NC(=O)CNC(=O)/C=C/CN(C)C)cc5)C4=O)c3)cc21. The molecule has 2 saturated heterocycles. The number of carbonyl (C=O) groups is 4. The Hall–Kier alpha value is -6.28. The fraction of sp³-hybridized carbons (Fsp3) is 0.300. The second-order valence-corrected chi connectivity index (χ2v) is 13.8. The van der Waals surface area contributed by atoms with Gasteiger partial charge in [0, 0.05) is 85.5 Å². The first-order valence-electron chi connectivity index (χ1n) is 18.0. The lowest BCUT2D eigenvalue weighted by Crippen LogP contribution is -2.32. The predicted octanol–water partition coefficient (Wildman–Crippen LogP) is 5.08. The van der Waals surface area contributed by atoms with Gasteiger partial charge in [0.2, 0.25) is 17.7 Å². The van der Waals surface area contributed by atoms with E-state index in [2.05, 4.69) is 20.9 Å². The lowest BCUT2D eigenvalue weighted by Gasteiger charge is -2.28. The molecule has 5 amide bonds. The maximum Gasteiger partial charge on any atom is 0.324 e. The smallest absolute Gasteiger partial charge is 0.324 e. The van der Waals surface area contributed by atoms with Crippen molar-refractivity contribution in [2.24, 2.45) is 0 Å². The Bertz CT molecular complexity index is 2100. The van der Waals surface area contributed by atoms with Crippen LogP contribution in [0.2, 0.25) is 0 Å². The van der Waals surface area contributed by atoms with Crippen LogP contribution in [0.4, 0.5) is 33.4 Å². The number of rotatable bonds is 12. The van der Waals surface area contributed by atoms with E-state index in [0.717, 1.165) is 46.7 Å². The van der Waals surface area contributed by atoms with Gasteiger partial charge in [-0.15, -0.1) is 0 Å². The van der Waals surface area contributed by atoms with E-state index in [0.29, 0.717) is 55.5 Å². The standard InChI is InChI=1S/C40H43N9O5/c1-26-33-20-36(42-23-34(33)32-13-12-30(19-35(32)54-26)48-15-5-7-39(48)52)44-29-18-31(22-41-21-29)49-17-16-47(40(49)53)25-27-8-10-28(11-9-27)45-38(51)24-43-37(50)6-4-14-46(2)3/h4,6,8-13,18-23,26H,5,7,14-17,24-25H2,1-3H3,(H,42,44)(H,43,50)(H,45,51)/b6-4+. The van der Waals surface area contributed by atoms with E-state index in [-0.39, 0.29) is 36.4 Å². The number of ether oxygens (including phenoxy) is 1. The normalized spacial score (nSPS) is 16.4. The minimum absolute atomic E-state index is 0.129. The Kier molecular flexibility index (Phi) is 10.5. The Morgan fingerprint density at radius 2 is 1.76 bits per heavy atom. The van der Waals surface area contributed by atoms with Crippen molar-refractivity contribution in [2.75, 3.05) is 67.3 Å². The van der Waals surface area contributed by atoms with Crippen molar-refractivity contribution in [1.82, 2.24) is 25.1 Å². The summed E-state index contributed by atoms with van der Waals surface area (Å²) in [5, 5.41) is 8.69. The number of likely N-dealkylation sites (N-methyl/N-ethyl adjacent to an activating group) is 1. The first-order chi connectivity index (χ1) is 26.1. The van der Waals surface area contributed by atoms with Gasteiger partial charge < -0.3 is 35.4 Å². The molecule has 4 aromatic rings. The molecule has 1 atom stereocenters. The van der Waals surface area contributed by atoms with Gasteiger partial charge >= 0.3 is 6.03 Å². The second kappa shape index (κ2) is 15.8. The van der Waals surface area contributed by atoms with Crippen molar-refractivity contribution in [1.29, 1.82) is 0 Å². The second-order valence-electron chi connectivity index (χ2n) is 13.8. The number of nitrogens with one attached hydrogen (secondary N) is 3. The van der Waals surface area contributed by atoms with E-state index < -0.39 is 0 Å². The maximum absolute atomic E-state index is 13.5. The monoisotopic (exact) mass is 729 g/mol. The van der Waals surface area contributed by atoms with Crippen LogP contribution in [0.25, 0.3) is 11.1 Å². The van der Waals surface area contributed by atoms with Gasteiger partial charge in [0.05, 0.1) is 30.3 Å². The quantitative estimate of drug-likeness (QED) is 0.170. The minimum Gasteiger partial charge on any atom is -0.485 e. The molecule has 14 nitrogen and oxygen atoms in total. The number of amides is 5. The number of hydrogen-bond acceptors (Lipinski definition) is 9. The molecule has 2 aromatic heterocycles. The summed E-state index contributed by atoms with van der Waals surface area (Å²) in [7, 11) is 3.80. The van der Waals surface area contributed by atoms with E-state index in [1.165, 1.54) is 6.08 Å². The maximum atomic E-state index is 13.5. The average molecular weight is 730 g/mol. The molecule has 0 saturated carbocycles. The van der Waals surface area contributed by atoms with Gasteiger partial charge in [-0.3, -0.25) is 24.3 Å². The molecule has 2 aromatic carbocycles. The van der Waals surface area contributed by atoms with Gasteiger partial charge in [0.25, 0.3) is 0 Å². The molecule has 0 bridgehead atoms. The van der Waals surface area contributed by atoms with Gasteiger partial charge in [0.15, 0.2) is 0 Å². The zero-order chi connectivity index (χ0) is 37.8. The van der Waals surface area contributed by atoms with Crippen molar-refractivity contribution in [3.05, 3.63) is 96.5 Å². The summed E-state index contributed by atoms with van der Waals surface area (Å²) in [6.45, 7) is 4.66. The molecule has 0 spiro atoms. The zero-order valence-corrected chi connectivity index (χ0v) is 30.5. The van der Waals surface area contributed by atoms with Crippen LogP contribution in [0.1, 0.15) is 37.0 Å². The fourth-order valence-corrected chi connectivity index (χ4v) is 6.75. The highest BCUT2D eigenvalue weighted by Gasteiger charge is 2.31. The number of hydrogen-bond donors (Lipinski definition) is 3. The number of nitrogens with zero attached hydrogens (tertiary/aromatic N) is 6. The summed E-state index contributed by atoms with van der Waals surface area (Å²) in [6.07, 6.45) is 9.54. The van der Waals surface area contributed by atoms with Crippen molar-refractivity contribution < 1.29 is 23.9 Å². The Morgan fingerprint density at radius 3 is 2.54 bits per heavy atom. The van der Waals surface area contributed by atoms with Crippen LogP contribution in [0.15, 0.2) is 85.3 Å². The molecule has 3 aliphatic rings. The topological polar surface area (TPSA) is 152 Å². The van der Waals surface area contributed by atoms with Crippen molar-refractivity contribution in [3.63, 3.8) is 0 Å². The molecule has 1 unspecified atom stereocenters. The van der Waals surface area contributed by atoms with Crippen LogP contribution in [0, 0.1) is 0 Å². The number of urea groups is 1. The third kappa shape index (κ3) is 8.18. The third-order valence-electron chi connectivity index (χ3n) is 9.50. The van der Waals surface area contributed by atoms with Crippen LogP contribution in [-0.4, -0.2) is 90.3 Å². The van der Waals surface area contributed by atoms with E-state index in [9.17, 15) is 19.2 Å². The molecule has 3 aliphatic heterocycles. The van der Waals surface area contributed by atoms with Gasteiger partial charge in [-0.1, -0.05) is 18.2 Å². The van der Waals surface area contributed by atoms with E-state index in [1.807, 2.05) is 79.5 Å². The van der Waals surface area contributed by atoms with Gasteiger partial charge in [-0.25, -0.2) is 9.78 Å². The van der Waals surface area contributed by atoms with Gasteiger partial charge in [0.1, 0.15) is 17.7 Å². The Morgan fingerprint density at radius 1 is 0.926 bits per heavy atom. The number of anilines is 5. The molecule has 54 heavy (non-hydrogen) atoms. The van der Waals surface area contributed by atoms with Crippen LogP contribution in [-0.2, 0) is 20.9 Å². The summed E-state index contributed by atoms with van der Waals surface area (Å²) in [5.74, 6) is 0.828. The predicted molar refractivity (Wildman–Crippen MR) is 207 cm³/mol. The highest BCUT2D eigenvalue weighted by atomic mass is 16.5. The molecule has 5 heterocycles. The Balaban J connectivity index is 0.939. The molecule has 278 valence electrons. The molecular weight excluding hydrogens is 686 g/mol. The van der Waals surface area contributed by atoms with E-state index in [1.54, 1.807) is 40.4 Å². The first-order valence-corrected chi connectivity index (χ1v) is 18.0. The largest absolute Gasteiger partial charge is 0.485 e. The van der Waals surface area contributed by atoms with Crippen LogP contribution in [0.5, 0.6) is 5.75 Å². The molecule has 3 N–H and O–H groups in total. The lowest BCUT2D eigenvalue weighted by molar-refractivity contribution is -0.121. The van der Waals surface area contributed by atoms with E-state index in [4.69, 9.17) is 9.72 Å². The molecule has 2 fully saturated rings. The molecule has 0 radical (unpaired) electrons. The summed E-state index contributed by atoms with van der Waals surface area (Å²) >= 11 is 0. The average Bonchev–Trinajstić information content (AvgIpc) is 3.75. The lowest BCUT2D eigenvalue weighted by atomic mass is 9.94. The van der Waals surface area contributed by atoms with Crippen LogP contribution < -0.4 is 30.5 Å². The molecule has 14 heteroatoms. The van der Waals surface area contributed by atoms with Gasteiger partial charge in [-0.05, 0) is 69.4 Å². The molecular formula is C40H43N9O5. The number of pyridine rings is 2. The highest BCUT2D eigenvalue weighted by Crippen LogP contribution is 2.44. The highest BCUT2D eigenvalue weighted by molar-refractivity contribution is 5.97. The number of aromatic nitrogens is 2. The Labute approximate surface area is 313 Å². The van der Waals surface area contributed by atoms with Crippen molar-refractivity contribution >= 4 is 52.3 Å². The summed E-state index contributed by atoms with van der Waals surface area (Å²) in [6, 6.07) is 16.9. The zero-order valence-electron chi connectivity index (χ0n) is 30.5. The van der Waals surface area contributed by atoms with Crippen molar-refractivity contribution in [2.45, 2.75) is 32.4 Å². The summed E-state index contributed by atoms with van der Waals surface area (Å²) in [4.78, 5) is 66.3.